The highest BCUT2D eigenvalue weighted by molar-refractivity contribution is 7.14. The number of aliphatic hydroxyl groups is 1. The number of piperidine rings is 1. The molecular weight excluding hydrogens is 368 g/mol. The Hall–Kier alpha value is -1.48. The summed E-state index contributed by atoms with van der Waals surface area (Å²) in [5.74, 6) is 0.0194. The maximum atomic E-state index is 12.8. The number of aliphatic hydroxyl groups excluding tert-OH is 1. The van der Waals surface area contributed by atoms with Gasteiger partial charge in [0.15, 0.2) is 0 Å². The number of β-amino-alcohol motifs (C(OH)–C–C–N with tert-alkyl or cyclic N) is 1. The van der Waals surface area contributed by atoms with E-state index >= 15 is 0 Å². The van der Waals surface area contributed by atoms with Crippen LogP contribution >= 0.6 is 11.3 Å². The average Bonchev–Trinajstić information content (AvgIpc) is 3.29. The minimum atomic E-state index is -0.410. The average molecular weight is 394 g/mol. The molecule has 1 spiro atoms. The van der Waals surface area contributed by atoms with Crippen LogP contribution in [0, 0.1) is 0 Å². The lowest BCUT2D eigenvalue weighted by Crippen LogP contribution is -2.48. The number of amides is 2. The zero-order valence-electron chi connectivity index (χ0n) is 15.6. The number of ether oxygens (including phenoxy) is 2. The largest absolute Gasteiger partial charge is 0.391 e. The van der Waals surface area contributed by atoms with Gasteiger partial charge < -0.3 is 24.4 Å². The summed E-state index contributed by atoms with van der Waals surface area (Å²) in [4.78, 5) is 30.4. The van der Waals surface area contributed by atoms with Gasteiger partial charge in [-0.25, -0.2) is 0 Å². The molecule has 4 rings (SSSR count). The Morgan fingerprint density at radius 2 is 2.11 bits per heavy atom. The second kappa shape index (κ2) is 7.50. The molecule has 0 radical (unpaired) electrons. The Morgan fingerprint density at radius 1 is 1.33 bits per heavy atom. The lowest BCUT2D eigenvalue weighted by molar-refractivity contribution is -0.144. The lowest BCUT2D eigenvalue weighted by Gasteiger charge is -2.44. The number of likely N-dealkylation sites (tertiary alicyclic amines) is 2. The standard InChI is InChI=1S/C19H26N2O5S/c1-25-12-17(23)20-7-4-19(5-8-20)14-10-16(27-15(14)3-9-26-19)18(24)21-6-2-13(22)11-21/h10,13,22H,2-9,11-12H2,1H3/t13-/m1/s1. The van der Waals surface area contributed by atoms with E-state index in [0.29, 0.717) is 39.2 Å². The summed E-state index contributed by atoms with van der Waals surface area (Å²) < 4.78 is 11.2. The van der Waals surface area contributed by atoms with Crippen LogP contribution in [-0.2, 0) is 26.3 Å². The van der Waals surface area contributed by atoms with Crippen LogP contribution < -0.4 is 0 Å². The van der Waals surface area contributed by atoms with E-state index in [-0.39, 0.29) is 18.4 Å². The number of hydrogen-bond donors (Lipinski definition) is 1. The van der Waals surface area contributed by atoms with Crippen LogP contribution in [0.5, 0.6) is 0 Å². The van der Waals surface area contributed by atoms with Crippen molar-refractivity contribution in [2.24, 2.45) is 0 Å². The fourth-order valence-corrected chi connectivity index (χ4v) is 5.55. The maximum Gasteiger partial charge on any atom is 0.264 e. The smallest absolute Gasteiger partial charge is 0.264 e. The fourth-order valence-electron chi connectivity index (χ4n) is 4.35. The molecule has 0 aromatic carbocycles. The summed E-state index contributed by atoms with van der Waals surface area (Å²) in [7, 11) is 1.53. The van der Waals surface area contributed by atoms with Gasteiger partial charge in [-0.1, -0.05) is 0 Å². The van der Waals surface area contributed by atoms with E-state index in [1.807, 2.05) is 11.0 Å². The predicted octanol–water partition coefficient (Wildman–Crippen LogP) is 0.992. The van der Waals surface area contributed by atoms with Gasteiger partial charge >= 0.3 is 0 Å². The molecule has 1 aromatic rings. The van der Waals surface area contributed by atoms with Gasteiger partial charge in [-0.05, 0) is 30.9 Å². The highest BCUT2D eigenvalue weighted by Crippen LogP contribution is 2.44. The second-order valence-electron chi connectivity index (χ2n) is 7.55. The molecule has 1 aromatic heterocycles. The minimum absolute atomic E-state index is 0.00816. The lowest BCUT2D eigenvalue weighted by atomic mass is 9.82. The molecule has 1 atom stereocenters. The van der Waals surface area contributed by atoms with Gasteiger partial charge in [0.1, 0.15) is 6.61 Å². The van der Waals surface area contributed by atoms with Crippen LogP contribution in [0.3, 0.4) is 0 Å². The Bertz CT molecular complexity index is 726. The van der Waals surface area contributed by atoms with Crippen LogP contribution in [0.15, 0.2) is 6.07 Å². The van der Waals surface area contributed by atoms with Crippen molar-refractivity contribution in [3.63, 3.8) is 0 Å². The molecule has 2 saturated heterocycles. The number of methoxy groups -OCH3 is 1. The van der Waals surface area contributed by atoms with E-state index in [0.717, 1.165) is 29.7 Å². The third kappa shape index (κ3) is 3.51. The second-order valence-corrected chi connectivity index (χ2v) is 8.68. The van der Waals surface area contributed by atoms with Gasteiger partial charge in [0, 0.05) is 44.6 Å². The molecular formula is C19H26N2O5S. The van der Waals surface area contributed by atoms with Crippen molar-refractivity contribution in [3.05, 3.63) is 21.4 Å². The Morgan fingerprint density at radius 3 is 2.78 bits per heavy atom. The fraction of sp³-hybridized carbons (Fsp3) is 0.684. The van der Waals surface area contributed by atoms with Crippen molar-refractivity contribution in [2.45, 2.75) is 37.4 Å². The van der Waals surface area contributed by atoms with E-state index in [1.54, 1.807) is 16.2 Å². The quantitative estimate of drug-likeness (QED) is 0.827. The summed E-state index contributed by atoms with van der Waals surface area (Å²) in [6.45, 7) is 3.06. The van der Waals surface area contributed by atoms with Crippen LogP contribution in [0.2, 0.25) is 0 Å². The monoisotopic (exact) mass is 394 g/mol. The third-order valence-corrected chi connectivity index (χ3v) is 7.04. The van der Waals surface area contributed by atoms with E-state index < -0.39 is 11.7 Å². The Labute approximate surface area is 162 Å². The molecule has 4 heterocycles. The molecule has 0 saturated carbocycles. The molecule has 3 aliphatic rings. The minimum Gasteiger partial charge on any atom is -0.391 e. The van der Waals surface area contributed by atoms with E-state index in [9.17, 15) is 14.7 Å². The van der Waals surface area contributed by atoms with Crippen molar-refractivity contribution >= 4 is 23.2 Å². The van der Waals surface area contributed by atoms with Crippen LogP contribution in [0.4, 0.5) is 0 Å². The molecule has 148 valence electrons. The van der Waals surface area contributed by atoms with Gasteiger partial charge in [0.2, 0.25) is 5.91 Å². The van der Waals surface area contributed by atoms with Gasteiger partial charge in [-0.2, -0.15) is 0 Å². The first-order chi connectivity index (χ1) is 13.0. The highest BCUT2D eigenvalue weighted by Gasteiger charge is 2.43. The van der Waals surface area contributed by atoms with Gasteiger partial charge in [0.05, 0.1) is 23.2 Å². The number of hydrogen-bond acceptors (Lipinski definition) is 6. The molecule has 2 amide bonds. The highest BCUT2D eigenvalue weighted by atomic mass is 32.1. The molecule has 0 unspecified atom stereocenters. The van der Waals surface area contributed by atoms with Crippen molar-refractivity contribution in [1.29, 1.82) is 0 Å². The van der Waals surface area contributed by atoms with Crippen LogP contribution in [0.25, 0.3) is 0 Å². The van der Waals surface area contributed by atoms with Gasteiger partial charge in [0.25, 0.3) is 5.91 Å². The number of nitrogens with zero attached hydrogens (tertiary/aromatic N) is 2. The van der Waals surface area contributed by atoms with Gasteiger partial charge in [-0.3, -0.25) is 9.59 Å². The molecule has 7 nitrogen and oxygen atoms in total. The Kier molecular flexibility index (Phi) is 5.24. The first-order valence-electron chi connectivity index (χ1n) is 9.53. The number of fused-ring (bicyclic) bond motifs is 2. The van der Waals surface area contributed by atoms with Crippen molar-refractivity contribution in [1.82, 2.24) is 9.80 Å². The molecule has 0 aliphatic carbocycles. The number of rotatable bonds is 3. The molecule has 1 N–H and O–H groups in total. The predicted molar refractivity (Wildman–Crippen MR) is 99.9 cm³/mol. The van der Waals surface area contributed by atoms with Crippen LogP contribution in [-0.4, -0.2) is 79.3 Å². The first kappa shape index (κ1) is 18.9. The molecule has 0 bridgehead atoms. The van der Waals surface area contributed by atoms with E-state index in [4.69, 9.17) is 9.47 Å². The zero-order chi connectivity index (χ0) is 19.0. The van der Waals surface area contributed by atoms with Crippen molar-refractivity contribution < 1.29 is 24.2 Å². The third-order valence-electron chi connectivity index (χ3n) is 5.86. The van der Waals surface area contributed by atoms with Crippen molar-refractivity contribution in [2.75, 3.05) is 46.5 Å². The molecule has 2 fully saturated rings. The van der Waals surface area contributed by atoms with E-state index in [2.05, 4.69) is 0 Å². The SMILES string of the molecule is COCC(=O)N1CCC2(CC1)OCCc1sc(C(=O)N3CC[C@@H](O)C3)cc12. The van der Waals surface area contributed by atoms with Gasteiger partial charge in [-0.15, -0.1) is 11.3 Å². The van der Waals surface area contributed by atoms with E-state index in [1.165, 1.54) is 12.0 Å². The number of thiophene rings is 1. The number of carbonyl (C=O) groups excluding carboxylic acids is 2. The summed E-state index contributed by atoms with van der Waals surface area (Å²) >= 11 is 1.56. The topological polar surface area (TPSA) is 79.3 Å². The summed E-state index contributed by atoms with van der Waals surface area (Å²) in [5, 5.41) is 9.71. The van der Waals surface area contributed by atoms with Crippen LogP contribution in [0.1, 0.15) is 39.4 Å². The normalized spacial score (nSPS) is 24.3. The summed E-state index contributed by atoms with van der Waals surface area (Å²) in [6, 6.07) is 2.00. The molecule has 3 aliphatic heterocycles. The molecule has 8 heteroatoms. The van der Waals surface area contributed by atoms with Crippen molar-refractivity contribution in [3.8, 4) is 0 Å². The first-order valence-corrected chi connectivity index (χ1v) is 10.4. The molecule has 27 heavy (non-hydrogen) atoms. The summed E-state index contributed by atoms with van der Waals surface area (Å²) in [6.07, 6.45) is 2.54. The summed E-state index contributed by atoms with van der Waals surface area (Å²) in [5.41, 5.74) is 0.734. The Balaban J connectivity index is 1.51. The maximum absolute atomic E-state index is 12.8. The number of carbonyl (C=O) groups is 2. The zero-order valence-corrected chi connectivity index (χ0v) is 16.4.